The highest BCUT2D eigenvalue weighted by molar-refractivity contribution is 5.93. The Hall–Kier alpha value is -2.17. The van der Waals surface area contributed by atoms with Gasteiger partial charge in [0.05, 0.1) is 11.8 Å². The number of aryl methyl sites for hydroxylation is 1. The molecule has 0 radical (unpaired) electrons. The number of aromatic amines is 1. The van der Waals surface area contributed by atoms with Crippen molar-refractivity contribution in [1.29, 1.82) is 0 Å². The van der Waals surface area contributed by atoms with Gasteiger partial charge in [-0.2, -0.15) is 5.10 Å². The Balaban J connectivity index is 2.10. The molecular weight excluding hydrogens is 216 g/mol. The standard InChI is InChI=1S/C12H14N4O/c1-9-5-13-4-3-10(9)8-16(2)12(17)11-6-14-15-7-11/h3-7H,8H2,1-2H3,(H,14,15). The number of rotatable bonds is 3. The topological polar surface area (TPSA) is 61.9 Å². The quantitative estimate of drug-likeness (QED) is 0.866. The number of carbonyl (C=O) groups is 1. The molecule has 0 saturated carbocycles. The predicted octanol–water partition coefficient (Wildman–Crippen LogP) is 1.39. The summed E-state index contributed by atoms with van der Waals surface area (Å²) in [5, 5.41) is 6.40. The van der Waals surface area contributed by atoms with Crippen LogP contribution >= 0.6 is 0 Å². The molecule has 0 saturated heterocycles. The third-order valence-electron chi connectivity index (χ3n) is 2.64. The van der Waals surface area contributed by atoms with Crippen LogP contribution in [0.2, 0.25) is 0 Å². The van der Waals surface area contributed by atoms with Crippen LogP contribution in [-0.4, -0.2) is 33.0 Å². The van der Waals surface area contributed by atoms with Crippen LogP contribution in [0.5, 0.6) is 0 Å². The molecule has 2 aromatic heterocycles. The van der Waals surface area contributed by atoms with Crippen molar-refractivity contribution >= 4 is 5.91 Å². The lowest BCUT2D eigenvalue weighted by Gasteiger charge is -2.17. The number of hydrogen-bond acceptors (Lipinski definition) is 3. The average Bonchev–Trinajstić information content (AvgIpc) is 2.84. The van der Waals surface area contributed by atoms with Crippen LogP contribution in [0, 0.1) is 6.92 Å². The van der Waals surface area contributed by atoms with Crippen LogP contribution < -0.4 is 0 Å². The molecule has 0 aromatic carbocycles. The third-order valence-corrected chi connectivity index (χ3v) is 2.64. The molecule has 5 nitrogen and oxygen atoms in total. The van der Waals surface area contributed by atoms with Crippen LogP contribution in [-0.2, 0) is 6.54 Å². The maximum atomic E-state index is 12.0. The van der Waals surface area contributed by atoms with Gasteiger partial charge >= 0.3 is 0 Å². The molecule has 2 heterocycles. The van der Waals surface area contributed by atoms with E-state index < -0.39 is 0 Å². The highest BCUT2D eigenvalue weighted by Crippen LogP contribution is 2.10. The molecule has 2 aromatic rings. The normalized spacial score (nSPS) is 10.2. The summed E-state index contributed by atoms with van der Waals surface area (Å²) in [5.41, 5.74) is 2.75. The highest BCUT2D eigenvalue weighted by atomic mass is 16.2. The summed E-state index contributed by atoms with van der Waals surface area (Å²) in [6.45, 7) is 2.55. The summed E-state index contributed by atoms with van der Waals surface area (Å²) in [5.74, 6) is -0.0463. The van der Waals surface area contributed by atoms with Crippen LogP contribution in [0.15, 0.2) is 30.9 Å². The third kappa shape index (κ3) is 2.50. The van der Waals surface area contributed by atoms with E-state index in [4.69, 9.17) is 0 Å². The molecule has 0 spiro atoms. The van der Waals surface area contributed by atoms with Gasteiger partial charge in [-0.25, -0.2) is 0 Å². The second kappa shape index (κ2) is 4.78. The van der Waals surface area contributed by atoms with Gasteiger partial charge in [0.15, 0.2) is 0 Å². The van der Waals surface area contributed by atoms with Gasteiger partial charge in [-0.3, -0.25) is 14.9 Å². The lowest BCUT2D eigenvalue weighted by Crippen LogP contribution is -2.26. The molecule has 0 aliphatic rings. The SMILES string of the molecule is Cc1cnccc1CN(C)C(=O)c1cn[nH]c1. The summed E-state index contributed by atoms with van der Waals surface area (Å²) < 4.78 is 0. The zero-order chi connectivity index (χ0) is 12.3. The molecule has 88 valence electrons. The maximum absolute atomic E-state index is 12.0. The molecular formula is C12H14N4O. The van der Waals surface area contributed by atoms with Crippen LogP contribution in [0.25, 0.3) is 0 Å². The minimum absolute atomic E-state index is 0.0463. The molecule has 0 unspecified atom stereocenters. The van der Waals surface area contributed by atoms with E-state index in [-0.39, 0.29) is 5.91 Å². The lowest BCUT2D eigenvalue weighted by atomic mass is 10.1. The molecule has 1 amide bonds. The summed E-state index contributed by atoms with van der Waals surface area (Å²) in [4.78, 5) is 17.7. The van der Waals surface area contributed by atoms with E-state index in [1.807, 2.05) is 13.0 Å². The van der Waals surface area contributed by atoms with Gasteiger partial charge in [-0.05, 0) is 24.1 Å². The van der Waals surface area contributed by atoms with E-state index in [1.54, 1.807) is 30.5 Å². The lowest BCUT2D eigenvalue weighted by molar-refractivity contribution is 0.0785. The molecule has 0 fully saturated rings. The number of carbonyl (C=O) groups excluding carboxylic acids is 1. The van der Waals surface area contributed by atoms with Crippen molar-refractivity contribution in [3.8, 4) is 0 Å². The minimum Gasteiger partial charge on any atom is -0.337 e. The number of aromatic nitrogens is 3. The molecule has 5 heteroatoms. The van der Waals surface area contributed by atoms with Gasteiger partial charge in [0.1, 0.15) is 0 Å². The zero-order valence-electron chi connectivity index (χ0n) is 9.84. The van der Waals surface area contributed by atoms with Crippen LogP contribution in [0.3, 0.4) is 0 Å². The van der Waals surface area contributed by atoms with Crippen molar-refractivity contribution in [3.05, 3.63) is 47.5 Å². The van der Waals surface area contributed by atoms with E-state index in [9.17, 15) is 4.79 Å². The smallest absolute Gasteiger partial charge is 0.257 e. The monoisotopic (exact) mass is 230 g/mol. The van der Waals surface area contributed by atoms with E-state index in [0.29, 0.717) is 12.1 Å². The summed E-state index contributed by atoms with van der Waals surface area (Å²) in [6.07, 6.45) is 6.65. The molecule has 0 atom stereocenters. The minimum atomic E-state index is -0.0463. The number of nitrogens with one attached hydrogen (secondary N) is 1. The van der Waals surface area contributed by atoms with Gasteiger partial charge in [-0.15, -0.1) is 0 Å². The Bertz CT molecular complexity index is 507. The molecule has 2 rings (SSSR count). The molecule has 0 aliphatic heterocycles. The Morgan fingerprint density at radius 2 is 2.29 bits per heavy atom. The number of nitrogens with zero attached hydrogens (tertiary/aromatic N) is 3. The summed E-state index contributed by atoms with van der Waals surface area (Å²) in [6, 6.07) is 1.93. The number of amides is 1. The zero-order valence-corrected chi connectivity index (χ0v) is 9.84. The van der Waals surface area contributed by atoms with Crippen molar-refractivity contribution < 1.29 is 4.79 Å². The second-order valence-corrected chi connectivity index (χ2v) is 3.95. The fourth-order valence-corrected chi connectivity index (χ4v) is 1.60. The number of pyridine rings is 1. The fraction of sp³-hybridized carbons (Fsp3) is 0.250. The first-order chi connectivity index (χ1) is 8.18. The first-order valence-corrected chi connectivity index (χ1v) is 5.32. The van der Waals surface area contributed by atoms with Gasteiger partial charge in [-0.1, -0.05) is 0 Å². The van der Waals surface area contributed by atoms with Crippen molar-refractivity contribution in [3.63, 3.8) is 0 Å². The maximum Gasteiger partial charge on any atom is 0.257 e. The second-order valence-electron chi connectivity index (χ2n) is 3.95. The van der Waals surface area contributed by atoms with E-state index in [0.717, 1.165) is 11.1 Å². The Morgan fingerprint density at radius 1 is 1.47 bits per heavy atom. The summed E-state index contributed by atoms with van der Waals surface area (Å²) >= 11 is 0. The van der Waals surface area contributed by atoms with Crippen LogP contribution in [0.1, 0.15) is 21.5 Å². The van der Waals surface area contributed by atoms with Crippen molar-refractivity contribution in [2.75, 3.05) is 7.05 Å². The van der Waals surface area contributed by atoms with E-state index >= 15 is 0 Å². The first-order valence-electron chi connectivity index (χ1n) is 5.32. The Labute approximate surface area is 99.5 Å². The van der Waals surface area contributed by atoms with Crippen LogP contribution in [0.4, 0.5) is 0 Å². The van der Waals surface area contributed by atoms with Gasteiger partial charge in [0, 0.05) is 32.2 Å². The van der Waals surface area contributed by atoms with Gasteiger partial charge in [0.2, 0.25) is 0 Å². The molecule has 0 bridgehead atoms. The highest BCUT2D eigenvalue weighted by Gasteiger charge is 2.13. The number of hydrogen-bond donors (Lipinski definition) is 1. The fourth-order valence-electron chi connectivity index (χ4n) is 1.60. The van der Waals surface area contributed by atoms with Crippen molar-refractivity contribution in [2.45, 2.75) is 13.5 Å². The molecule has 1 N–H and O–H groups in total. The Kier molecular flexibility index (Phi) is 3.18. The van der Waals surface area contributed by atoms with E-state index in [1.165, 1.54) is 6.20 Å². The molecule has 0 aliphatic carbocycles. The Morgan fingerprint density at radius 3 is 2.94 bits per heavy atom. The molecule has 17 heavy (non-hydrogen) atoms. The largest absolute Gasteiger partial charge is 0.337 e. The van der Waals surface area contributed by atoms with Gasteiger partial charge < -0.3 is 4.90 Å². The van der Waals surface area contributed by atoms with E-state index in [2.05, 4.69) is 15.2 Å². The van der Waals surface area contributed by atoms with Gasteiger partial charge in [0.25, 0.3) is 5.91 Å². The summed E-state index contributed by atoms with van der Waals surface area (Å²) in [7, 11) is 1.77. The first kappa shape index (κ1) is 11.3. The van der Waals surface area contributed by atoms with Crippen molar-refractivity contribution in [2.24, 2.45) is 0 Å². The average molecular weight is 230 g/mol. The predicted molar refractivity (Wildman–Crippen MR) is 63.4 cm³/mol. The number of H-pyrrole nitrogens is 1. The van der Waals surface area contributed by atoms with Crippen molar-refractivity contribution in [1.82, 2.24) is 20.1 Å².